The number of hydrogen-bond acceptors (Lipinski definition) is 4. The van der Waals surface area contributed by atoms with Gasteiger partial charge < -0.3 is 15.8 Å². The van der Waals surface area contributed by atoms with Gasteiger partial charge in [0.2, 0.25) is 0 Å². The van der Waals surface area contributed by atoms with Crippen LogP contribution >= 0.6 is 23.2 Å². The van der Waals surface area contributed by atoms with Crippen LogP contribution in [0.2, 0.25) is 10.0 Å². The Kier molecular flexibility index (Phi) is 6.35. The summed E-state index contributed by atoms with van der Waals surface area (Å²) in [6.07, 6.45) is 3.22. The summed E-state index contributed by atoms with van der Waals surface area (Å²) in [6, 6.07) is 2.92. The van der Waals surface area contributed by atoms with Crippen LogP contribution in [-0.4, -0.2) is 24.5 Å². The molecule has 0 aromatic heterocycles. The fourth-order valence-electron chi connectivity index (χ4n) is 3.00. The van der Waals surface area contributed by atoms with Crippen LogP contribution in [0.15, 0.2) is 12.1 Å². The zero-order valence-electron chi connectivity index (χ0n) is 13.8. The largest absolute Gasteiger partial charge is 0.452 e. The van der Waals surface area contributed by atoms with Crippen molar-refractivity contribution in [2.75, 3.05) is 12.3 Å². The second kappa shape index (κ2) is 8.08. The molecule has 5 nitrogen and oxygen atoms in total. The zero-order chi connectivity index (χ0) is 17.9. The normalized spacial score (nSPS) is 23.6. The van der Waals surface area contributed by atoms with Crippen molar-refractivity contribution in [2.24, 2.45) is 11.8 Å². The number of ether oxygens (including phenoxy) is 1. The highest BCUT2D eigenvalue weighted by molar-refractivity contribution is 6.37. The molecule has 1 saturated carbocycles. The van der Waals surface area contributed by atoms with Crippen LogP contribution in [0.4, 0.5) is 5.69 Å². The van der Waals surface area contributed by atoms with Gasteiger partial charge in [0.1, 0.15) is 0 Å². The molecule has 1 aromatic carbocycles. The fourth-order valence-corrected chi connectivity index (χ4v) is 3.49. The molecule has 3 atom stereocenters. The van der Waals surface area contributed by atoms with Gasteiger partial charge in [-0.15, -0.1) is 0 Å². The first-order chi connectivity index (χ1) is 11.3. The minimum Gasteiger partial charge on any atom is -0.452 e. The standard InChI is InChI=1S/C17H22Cl2N2O3/c1-9-4-3-5-14(10(9)2)21-15(22)8-24-17(23)12-6-11(18)7-13(19)16(12)20/h6-7,9-10,14H,3-5,8,20H2,1-2H3,(H,21,22)/t9-,10-,14-/m1/s1. The molecule has 0 spiro atoms. The van der Waals surface area contributed by atoms with Crippen molar-refractivity contribution in [2.45, 2.75) is 39.2 Å². The van der Waals surface area contributed by atoms with E-state index < -0.39 is 5.97 Å². The van der Waals surface area contributed by atoms with E-state index in [1.165, 1.54) is 18.6 Å². The van der Waals surface area contributed by atoms with Crippen molar-refractivity contribution in [3.63, 3.8) is 0 Å². The number of rotatable bonds is 4. The summed E-state index contributed by atoms with van der Waals surface area (Å²) in [4.78, 5) is 24.1. The first-order valence-electron chi connectivity index (χ1n) is 8.00. The number of nitrogens with two attached hydrogens (primary N) is 1. The molecule has 0 saturated heterocycles. The van der Waals surface area contributed by atoms with Gasteiger partial charge in [-0.3, -0.25) is 4.79 Å². The predicted octanol–water partition coefficient (Wildman–Crippen LogP) is 3.67. The molecular weight excluding hydrogens is 351 g/mol. The van der Waals surface area contributed by atoms with Crippen molar-refractivity contribution < 1.29 is 14.3 Å². The van der Waals surface area contributed by atoms with Gasteiger partial charge in [0.05, 0.1) is 16.3 Å². The summed E-state index contributed by atoms with van der Waals surface area (Å²) < 4.78 is 5.04. The van der Waals surface area contributed by atoms with Crippen molar-refractivity contribution in [1.29, 1.82) is 0 Å². The van der Waals surface area contributed by atoms with Crippen LogP contribution in [0.1, 0.15) is 43.5 Å². The number of benzene rings is 1. The first-order valence-corrected chi connectivity index (χ1v) is 8.76. The predicted molar refractivity (Wildman–Crippen MR) is 95.3 cm³/mol. The molecule has 0 unspecified atom stereocenters. The van der Waals surface area contributed by atoms with E-state index in [0.29, 0.717) is 11.8 Å². The molecule has 2 rings (SSSR count). The summed E-state index contributed by atoms with van der Waals surface area (Å²) in [7, 11) is 0. The van der Waals surface area contributed by atoms with Crippen LogP contribution < -0.4 is 11.1 Å². The average Bonchev–Trinajstić information content (AvgIpc) is 2.53. The maximum absolute atomic E-state index is 12.1. The third-order valence-electron chi connectivity index (χ3n) is 4.70. The Labute approximate surface area is 151 Å². The molecule has 1 fully saturated rings. The molecule has 1 aliphatic carbocycles. The molecule has 3 N–H and O–H groups in total. The van der Waals surface area contributed by atoms with Crippen molar-refractivity contribution in [3.8, 4) is 0 Å². The van der Waals surface area contributed by atoms with E-state index in [9.17, 15) is 9.59 Å². The summed E-state index contributed by atoms with van der Waals surface area (Å²) in [5.74, 6) is -0.0705. The van der Waals surface area contributed by atoms with E-state index in [1.807, 2.05) is 0 Å². The molecule has 132 valence electrons. The average molecular weight is 373 g/mol. The minimum atomic E-state index is -0.725. The van der Waals surface area contributed by atoms with Crippen molar-refractivity contribution in [1.82, 2.24) is 5.32 Å². The van der Waals surface area contributed by atoms with Crippen LogP contribution in [0.25, 0.3) is 0 Å². The van der Waals surface area contributed by atoms with Gasteiger partial charge in [0, 0.05) is 11.1 Å². The summed E-state index contributed by atoms with van der Waals surface area (Å²) >= 11 is 11.7. The Morgan fingerprint density at radius 2 is 2.00 bits per heavy atom. The van der Waals surface area contributed by atoms with Crippen LogP contribution in [0.3, 0.4) is 0 Å². The number of amides is 1. The lowest BCUT2D eigenvalue weighted by Crippen LogP contribution is -2.45. The van der Waals surface area contributed by atoms with E-state index in [1.54, 1.807) is 0 Å². The Bertz CT molecular complexity index is 637. The van der Waals surface area contributed by atoms with Gasteiger partial charge in [-0.2, -0.15) is 0 Å². The van der Waals surface area contributed by atoms with Gasteiger partial charge >= 0.3 is 5.97 Å². The Morgan fingerprint density at radius 1 is 1.29 bits per heavy atom. The molecule has 0 heterocycles. The van der Waals surface area contributed by atoms with Gasteiger partial charge in [-0.05, 0) is 30.4 Å². The van der Waals surface area contributed by atoms with Crippen LogP contribution in [-0.2, 0) is 9.53 Å². The Balaban J connectivity index is 1.91. The minimum absolute atomic E-state index is 0.0555. The molecule has 0 bridgehead atoms. The van der Waals surface area contributed by atoms with Crippen LogP contribution in [0, 0.1) is 11.8 Å². The molecule has 1 aliphatic rings. The van der Waals surface area contributed by atoms with Crippen molar-refractivity contribution >= 4 is 40.8 Å². The number of halogens is 2. The van der Waals surface area contributed by atoms with E-state index in [0.717, 1.165) is 12.8 Å². The molecule has 1 amide bonds. The molecule has 0 aliphatic heterocycles. The number of hydrogen-bond donors (Lipinski definition) is 2. The summed E-state index contributed by atoms with van der Waals surface area (Å²) in [5, 5.41) is 3.39. The first kappa shape index (κ1) is 18.9. The number of esters is 1. The number of nitrogen functional groups attached to an aromatic ring is 1. The van der Waals surface area contributed by atoms with Gasteiger partial charge in [-0.25, -0.2) is 4.79 Å². The summed E-state index contributed by atoms with van der Waals surface area (Å²) in [5.41, 5.74) is 5.89. The number of carbonyl (C=O) groups is 2. The smallest absolute Gasteiger partial charge is 0.340 e. The van der Waals surface area contributed by atoms with E-state index >= 15 is 0 Å². The maximum Gasteiger partial charge on any atom is 0.340 e. The molecule has 24 heavy (non-hydrogen) atoms. The lowest BCUT2D eigenvalue weighted by Gasteiger charge is -2.34. The zero-order valence-corrected chi connectivity index (χ0v) is 15.3. The van der Waals surface area contributed by atoms with Gasteiger partial charge in [-0.1, -0.05) is 49.9 Å². The van der Waals surface area contributed by atoms with Gasteiger partial charge in [0.15, 0.2) is 6.61 Å². The Hall–Kier alpha value is -1.46. The highest BCUT2D eigenvalue weighted by Gasteiger charge is 2.28. The topological polar surface area (TPSA) is 81.4 Å². The number of anilines is 1. The highest BCUT2D eigenvalue weighted by atomic mass is 35.5. The van der Waals surface area contributed by atoms with Crippen molar-refractivity contribution in [3.05, 3.63) is 27.7 Å². The monoisotopic (exact) mass is 372 g/mol. The number of carbonyl (C=O) groups excluding carboxylic acids is 2. The highest BCUT2D eigenvalue weighted by Crippen LogP contribution is 2.30. The lowest BCUT2D eigenvalue weighted by molar-refractivity contribution is -0.125. The summed E-state index contributed by atoms with van der Waals surface area (Å²) in [6.45, 7) is 3.96. The molecule has 1 aromatic rings. The quantitative estimate of drug-likeness (QED) is 0.623. The molecule has 7 heteroatoms. The second-order valence-corrected chi connectivity index (χ2v) is 7.21. The van der Waals surface area contributed by atoms with E-state index in [4.69, 9.17) is 33.7 Å². The molecular formula is C17H22Cl2N2O3. The number of nitrogens with one attached hydrogen (secondary N) is 1. The third kappa shape index (κ3) is 4.54. The van der Waals surface area contributed by atoms with E-state index in [2.05, 4.69) is 19.2 Å². The van der Waals surface area contributed by atoms with E-state index in [-0.39, 0.29) is 39.9 Å². The lowest BCUT2D eigenvalue weighted by atomic mass is 9.78. The molecule has 0 radical (unpaired) electrons. The SMILES string of the molecule is C[C@@H]1[C@H](C)CCC[C@H]1NC(=O)COC(=O)c1cc(Cl)cc(Cl)c1N. The Morgan fingerprint density at radius 3 is 2.71 bits per heavy atom. The fraction of sp³-hybridized carbons (Fsp3) is 0.529. The van der Waals surface area contributed by atoms with Gasteiger partial charge in [0.25, 0.3) is 5.91 Å². The second-order valence-electron chi connectivity index (χ2n) is 6.37. The maximum atomic E-state index is 12.1. The third-order valence-corrected chi connectivity index (χ3v) is 5.23. The van der Waals surface area contributed by atoms with Crippen LogP contribution in [0.5, 0.6) is 0 Å².